The number of rotatable bonds is 5. The van der Waals surface area contributed by atoms with Crippen molar-refractivity contribution in [1.82, 2.24) is 18.9 Å². The van der Waals surface area contributed by atoms with Gasteiger partial charge in [0.2, 0.25) is 5.95 Å². The predicted molar refractivity (Wildman–Crippen MR) is 108 cm³/mol. The highest BCUT2D eigenvalue weighted by atomic mass is 16.1. The van der Waals surface area contributed by atoms with E-state index < -0.39 is 0 Å². The highest BCUT2D eigenvalue weighted by Crippen LogP contribution is 2.20. The molecule has 2 aromatic heterocycles. The molecule has 0 fully saturated rings. The topological polar surface area (TPSA) is 69.5 Å². The molecule has 0 unspecified atom stereocenters. The first-order valence-corrected chi connectivity index (χ1v) is 8.96. The first kappa shape index (κ1) is 17.7. The summed E-state index contributed by atoms with van der Waals surface area (Å²) < 4.78 is 5.26. The first-order chi connectivity index (χ1) is 13.6. The molecule has 0 N–H and O–H groups in total. The largest absolute Gasteiger partial charge is 0.310 e. The summed E-state index contributed by atoms with van der Waals surface area (Å²) in [5.41, 5.74) is 2.75. The van der Waals surface area contributed by atoms with E-state index in [4.69, 9.17) is 0 Å². The molecular formula is C21H20N6O. The average molecular weight is 372 g/mol. The van der Waals surface area contributed by atoms with Crippen LogP contribution in [0.25, 0.3) is 5.69 Å². The van der Waals surface area contributed by atoms with Crippen molar-refractivity contribution < 1.29 is 0 Å². The molecule has 0 radical (unpaired) electrons. The van der Waals surface area contributed by atoms with Crippen LogP contribution in [-0.4, -0.2) is 18.9 Å². The van der Waals surface area contributed by atoms with E-state index in [0.717, 1.165) is 16.9 Å². The number of nitrogens with zero attached hydrogens (tertiary/aromatic N) is 6. The number of benzene rings is 2. The Bertz CT molecular complexity index is 1170. The van der Waals surface area contributed by atoms with Crippen LogP contribution in [-0.2, 0) is 13.6 Å². The Kier molecular flexibility index (Phi) is 4.72. The van der Waals surface area contributed by atoms with Gasteiger partial charge in [-0.15, -0.1) is 10.2 Å². The fraction of sp³-hybridized carbons (Fsp3) is 0.143. The zero-order chi connectivity index (χ0) is 19.5. The molecular weight excluding hydrogens is 352 g/mol. The maximum atomic E-state index is 12.9. The molecule has 28 heavy (non-hydrogen) atoms. The van der Waals surface area contributed by atoms with Crippen molar-refractivity contribution in [2.75, 3.05) is 0 Å². The third-order valence-electron chi connectivity index (χ3n) is 4.65. The third-order valence-corrected chi connectivity index (χ3v) is 4.65. The summed E-state index contributed by atoms with van der Waals surface area (Å²) >= 11 is 0. The van der Waals surface area contributed by atoms with Gasteiger partial charge in [-0.3, -0.25) is 9.48 Å². The van der Waals surface area contributed by atoms with Gasteiger partial charge in [0.05, 0.1) is 17.9 Å². The Morgan fingerprint density at radius 2 is 1.64 bits per heavy atom. The van der Waals surface area contributed by atoms with Gasteiger partial charge in [0.25, 0.3) is 5.56 Å². The fourth-order valence-corrected chi connectivity index (χ4v) is 3.07. The lowest BCUT2D eigenvalue weighted by Crippen LogP contribution is -2.19. The highest BCUT2D eigenvalue weighted by Gasteiger charge is 2.16. The Labute approximate surface area is 162 Å². The molecule has 4 rings (SSSR count). The second-order valence-corrected chi connectivity index (χ2v) is 6.45. The number of hydrogen-bond donors (Lipinski definition) is 0. The van der Waals surface area contributed by atoms with Gasteiger partial charge < -0.3 is 4.57 Å². The molecule has 7 heteroatoms. The van der Waals surface area contributed by atoms with Crippen LogP contribution in [0.15, 0.2) is 88.1 Å². The zero-order valence-electron chi connectivity index (χ0n) is 15.7. The van der Waals surface area contributed by atoms with E-state index in [1.54, 1.807) is 15.6 Å². The molecule has 0 saturated heterocycles. The van der Waals surface area contributed by atoms with Crippen molar-refractivity contribution in [3.63, 3.8) is 0 Å². The lowest BCUT2D eigenvalue weighted by molar-refractivity contribution is 0.630. The summed E-state index contributed by atoms with van der Waals surface area (Å²) in [4.78, 5) is 17.2. The SMILES string of the molecule is Cc1c(N=Nc2nccn2Cc2ccccc2)c(=O)n(-c2ccccc2)n1C. The second-order valence-electron chi connectivity index (χ2n) is 6.45. The number of azo groups is 1. The fourth-order valence-electron chi connectivity index (χ4n) is 3.07. The molecule has 2 aromatic carbocycles. The maximum Gasteiger partial charge on any atom is 0.299 e. The lowest BCUT2D eigenvalue weighted by Gasteiger charge is -2.07. The minimum atomic E-state index is -0.212. The van der Waals surface area contributed by atoms with E-state index in [1.165, 1.54) is 0 Å². The van der Waals surface area contributed by atoms with Gasteiger partial charge in [-0.2, -0.15) is 0 Å². The molecule has 0 aliphatic heterocycles. The predicted octanol–water partition coefficient (Wildman–Crippen LogP) is 4.14. The van der Waals surface area contributed by atoms with Crippen molar-refractivity contribution in [1.29, 1.82) is 0 Å². The van der Waals surface area contributed by atoms with Gasteiger partial charge in [0.15, 0.2) is 5.69 Å². The Hall–Kier alpha value is -3.74. The molecule has 0 atom stereocenters. The molecule has 0 saturated carbocycles. The molecule has 0 aliphatic rings. The van der Waals surface area contributed by atoms with E-state index in [9.17, 15) is 4.79 Å². The van der Waals surface area contributed by atoms with Gasteiger partial charge in [-0.25, -0.2) is 9.67 Å². The smallest absolute Gasteiger partial charge is 0.299 e. The third kappa shape index (κ3) is 3.29. The Balaban J connectivity index is 1.67. The van der Waals surface area contributed by atoms with Crippen LogP contribution in [0, 0.1) is 6.92 Å². The number of hydrogen-bond acceptors (Lipinski definition) is 4. The number of para-hydroxylation sites is 1. The van der Waals surface area contributed by atoms with Crippen molar-refractivity contribution in [2.45, 2.75) is 13.5 Å². The molecule has 0 bridgehead atoms. The molecule has 4 aromatic rings. The summed E-state index contributed by atoms with van der Waals surface area (Å²) in [6.07, 6.45) is 3.53. The second kappa shape index (κ2) is 7.48. The molecule has 0 spiro atoms. The summed E-state index contributed by atoms with van der Waals surface area (Å²) in [5.74, 6) is 0.456. The van der Waals surface area contributed by atoms with Crippen molar-refractivity contribution in [2.24, 2.45) is 17.3 Å². The van der Waals surface area contributed by atoms with Gasteiger partial charge in [0.1, 0.15) is 0 Å². The lowest BCUT2D eigenvalue weighted by atomic mass is 10.2. The van der Waals surface area contributed by atoms with Crippen LogP contribution < -0.4 is 5.56 Å². The van der Waals surface area contributed by atoms with E-state index in [0.29, 0.717) is 18.2 Å². The summed E-state index contributed by atoms with van der Waals surface area (Å²) in [5, 5.41) is 8.50. The average Bonchev–Trinajstić information content (AvgIpc) is 3.24. The molecule has 7 nitrogen and oxygen atoms in total. The van der Waals surface area contributed by atoms with Crippen molar-refractivity contribution in [3.05, 3.63) is 94.7 Å². The molecule has 140 valence electrons. The van der Waals surface area contributed by atoms with Gasteiger partial charge in [-0.1, -0.05) is 48.5 Å². The van der Waals surface area contributed by atoms with Gasteiger partial charge in [0, 0.05) is 19.4 Å². The van der Waals surface area contributed by atoms with Crippen LogP contribution in [0.2, 0.25) is 0 Å². The summed E-state index contributed by atoms with van der Waals surface area (Å²) in [6, 6.07) is 19.5. The monoisotopic (exact) mass is 372 g/mol. The Morgan fingerprint density at radius 1 is 0.964 bits per heavy atom. The standard InChI is InChI=1S/C21H20N6O/c1-16-19(20(28)27(25(16)2)18-11-7-4-8-12-18)23-24-21-22-13-14-26(21)15-17-9-5-3-6-10-17/h3-14H,15H2,1-2H3. The minimum Gasteiger partial charge on any atom is -0.310 e. The quantitative estimate of drug-likeness (QED) is 0.494. The van der Waals surface area contributed by atoms with Crippen LogP contribution >= 0.6 is 0 Å². The normalized spacial score (nSPS) is 11.4. The first-order valence-electron chi connectivity index (χ1n) is 8.96. The van der Waals surface area contributed by atoms with Crippen molar-refractivity contribution in [3.8, 4) is 5.69 Å². The van der Waals surface area contributed by atoms with Crippen LogP contribution in [0.1, 0.15) is 11.3 Å². The highest BCUT2D eigenvalue weighted by molar-refractivity contribution is 5.44. The molecule has 0 aliphatic carbocycles. The van der Waals surface area contributed by atoms with E-state index in [-0.39, 0.29) is 5.56 Å². The Morgan fingerprint density at radius 3 is 2.36 bits per heavy atom. The maximum absolute atomic E-state index is 12.9. The molecule has 0 amide bonds. The minimum absolute atomic E-state index is 0.212. The van der Waals surface area contributed by atoms with Crippen LogP contribution in [0.3, 0.4) is 0 Å². The zero-order valence-corrected chi connectivity index (χ0v) is 15.7. The van der Waals surface area contributed by atoms with Gasteiger partial charge in [-0.05, 0) is 24.6 Å². The van der Waals surface area contributed by atoms with Crippen molar-refractivity contribution >= 4 is 11.6 Å². The van der Waals surface area contributed by atoms with E-state index in [2.05, 4.69) is 15.2 Å². The van der Waals surface area contributed by atoms with Crippen LogP contribution in [0.5, 0.6) is 0 Å². The van der Waals surface area contributed by atoms with Gasteiger partial charge >= 0.3 is 0 Å². The number of aromatic nitrogens is 4. The van der Waals surface area contributed by atoms with E-state index >= 15 is 0 Å². The van der Waals surface area contributed by atoms with E-state index in [1.807, 2.05) is 85.4 Å². The number of imidazole rings is 1. The van der Waals surface area contributed by atoms with Crippen LogP contribution in [0.4, 0.5) is 11.6 Å². The summed E-state index contributed by atoms with van der Waals surface area (Å²) in [6.45, 7) is 2.49. The molecule has 2 heterocycles. The summed E-state index contributed by atoms with van der Waals surface area (Å²) in [7, 11) is 1.83.